The summed E-state index contributed by atoms with van der Waals surface area (Å²) < 4.78 is 0. The van der Waals surface area contributed by atoms with Gasteiger partial charge >= 0.3 is 0 Å². The van der Waals surface area contributed by atoms with Gasteiger partial charge < -0.3 is 0 Å². The third kappa shape index (κ3) is 2.12. The summed E-state index contributed by atoms with van der Waals surface area (Å²) in [5.41, 5.74) is 4.71. The van der Waals surface area contributed by atoms with Crippen molar-refractivity contribution in [2.45, 2.75) is 13.8 Å². The molecule has 2 aromatic carbocycles. The van der Waals surface area contributed by atoms with Gasteiger partial charge in [-0.2, -0.15) is 5.26 Å². The zero-order valence-corrected chi connectivity index (χ0v) is 11.4. The van der Waals surface area contributed by atoms with Gasteiger partial charge in [0, 0.05) is 10.9 Å². The van der Waals surface area contributed by atoms with Crippen molar-refractivity contribution in [3.05, 3.63) is 59.4 Å². The number of nitrogens with zero attached hydrogens (tertiary/aromatic N) is 3. The molecule has 0 bridgehead atoms. The molecule has 96 valence electrons. The Kier molecular flexibility index (Phi) is 2.92. The van der Waals surface area contributed by atoms with Crippen molar-refractivity contribution in [2.75, 3.05) is 0 Å². The van der Waals surface area contributed by atoms with Crippen LogP contribution in [0.3, 0.4) is 0 Å². The highest BCUT2D eigenvalue weighted by Crippen LogP contribution is 2.26. The van der Waals surface area contributed by atoms with Crippen LogP contribution in [0.4, 0.5) is 0 Å². The van der Waals surface area contributed by atoms with Crippen LogP contribution in [0.1, 0.15) is 17.0 Å². The van der Waals surface area contributed by atoms with Gasteiger partial charge in [0.25, 0.3) is 0 Å². The molecule has 3 aromatic rings. The molecule has 1 heterocycles. The first-order chi connectivity index (χ1) is 9.67. The summed E-state index contributed by atoms with van der Waals surface area (Å²) >= 11 is 0. The van der Waals surface area contributed by atoms with Crippen molar-refractivity contribution in [1.29, 1.82) is 5.26 Å². The van der Waals surface area contributed by atoms with E-state index in [1.807, 2.05) is 31.2 Å². The van der Waals surface area contributed by atoms with Crippen molar-refractivity contribution >= 4 is 10.9 Å². The number of aromatic nitrogens is 2. The highest BCUT2D eigenvalue weighted by Gasteiger charge is 2.08. The molecule has 0 aliphatic rings. The van der Waals surface area contributed by atoms with E-state index in [1.54, 1.807) is 0 Å². The summed E-state index contributed by atoms with van der Waals surface area (Å²) in [6.45, 7) is 3.95. The largest absolute Gasteiger partial charge is 0.233 e. The molecule has 0 spiro atoms. The Morgan fingerprint density at radius 3 is 2.40 bits per heavy atom. The molecule has 0 atom stereocenters. The van der Waals surface area contributed by atoms with Crippen LogP contribution < -0.4 is 0 Å². The average Bonchev–Trinajstić information content (AvgIpc) is 2.46. The molecular formula is C17H13N3. The normalized spacial score (nSPS) is 10.4. The fraction of sp³-hybridized carbons (Fsp3) is 0.118. The van der Waals surface area contributed by atoms with E-state index in [0.717, 1.165) is 28.0 Å². The van der Waals surface area contributed by atoms with Gasteiger partial charge in [-0.25, -0.2) is 9.97 Å². The van der Waals surface area contributed by atoms with Gasteiger partial charge in [-0.3, -0.25) is 0 Å². The van der Waals surface area contributed by atoms with Crippen LogP contribution in [0.25, 0.3) is 22.2 Å². The number of nitriles is 1. The maximum Gasteiger partial charge on any atom is 0.126 e. The van der Waals surface area contributed by atoms with Gasteiger partial charge in [-0.05, 0) is 37.6 Å². The van der Waals surface area contributed by atoms with E-state index in [0.29, 0.717) is 5.56 Å². The SMILES string of the molecule is Cc1ccc2c(-c3ccc(C#N)cc3)nc(C)nc2c1. The Bertz CT molecular complexity index is 822. The lowest BCUT2D eigenvalue weighted by atomic mass is 10.0. The number of aryl methyl sites for hydroxylation is 2. The first kappa shape index (κ1) is 12.3. The van der Waals surface area contributed by atoms with E-state index in [2.05, 4.69) is 41.2 Å². The first-order valence-electron chi connectivity index (χ1n) is 6.43. The minimum atomic E-state index is 0.652. The second-order valence-electron chi connectivity index (χ2n) is 4.83. The first-order valence-corrected chi connectivity index (χ1v) is 6.43. The van der Waals surface area contributed by atoms with Gasteiger partial charge in [-0.15, -0.1) is 0 Å². The van der Waals surface area contributed by atoms with Gasteiger partial charge in [0.15, 0.2) is 0 Å². The highest BCUT2D eigenvalue weighted by molar-refractivity contribution is 5.92. The molecule has 3 heteroatoms. The topological polar surface area (TPSA) is 49.6 Å². The fourth-order valence-electron chi connectivity index (χ4n) is 2.28. The molecule has 0 N–H and O–H groups in total. The van der Waals surface area contributed by atoms with Crippen LogP contribution in [0.5, 0.6) is 0 Å². The van der Waals surface area contributed by atoms with Gasteiger partial charge in [0.2, 0.25) is 0 Å². The molecule has 0 saturated heterocycles. The van der Waals surface area contributed by atoms with Crippen LogP contribution in [-0.4, -0.2) is 9.97 Å². The molecule has 0 saturated carbocycles. The number of rotatable bonds is 1. The van der Waals surface area contributed by atoms with E-state index in [1.165, 1.54) is 5.56 Å². The predicted octanol–water partition coefficient (Wildman–Crippen LogP) is 3.79. The second kappa shape index (κ2) is 4.75. The number of hydrogen-bond acceptors (Lipinski definition) is 3. The second-order valence-corrected chi connectivity index (χ2v) is 4.83. The summed E-state index contributed by atoms with van der Waals surface area (Å²) in [7, 11) is 0. The Labute approximate surface area is 117 Å². The van der Waals surface area contributed by atoms with Crippen molar-refractivity contribution in [3.8, 4) is 17.3 Å². The lowest BCUT2D eigenvalue weighted by Crippen LogP contribution is -1.94. The zero-order valence-electron chi connectivity index (χ0n) is 11.4. The van der Waals surface area contributed by atoms with E-state index < -0.39 is 0 Å². The van der Waals surface area contributed by atoms with Crippen molar-refractivity contribution in [2.24, 2.45) is 0 Å². The monoisotopic (exact) mass is 259 g/mol. The Hall–Kier alpha value is -2.73. The minimum Gasteiger partial charge on any atom is -0.233 e. The highest BCUT2D eigenvalue weighted by atomic mass is 14.9. The van der Waals surface area contributed by atoms with Crippen LogP contribution in [-0.2, 0) is 0 Å². The molecule has 1 aromatic heterocycles. The summed E-state index contributed by atoms with van der Waals surface area (Å²) in [4.78, 5) is 9.06. The fourth-order valence-corrected chi connectivity index (χ4v) is 2.28. The van der Waals surface area contributed by atoms with Crippen LogP contribution in [0.15, 0.2) is 42.5 Å². The molecule has 3 nitrogen and oxygen atoms in total. The smallest absolute Gasteiger partial charge is 0.126 e. The van der Waals surface area contributed by atoms with Crippen LogP contribution in [0.2, 0.25) is 0 Å². The molecule has 20 heavy (non-hydrogen) atoms. The molecular weight excluding hydrogens is 246 g/mol. The lowest BCUT2D eigenvalue weighted by Gasteiger charge is -2.08. The van der Waals surface area contributed by atoms with E-state index >= 15 is 0 Å². The van der Waals surface area contributed by atoms with E-state index in [-0.39, 0.29) is 0 Å². The summed E-state index contributed by atoms with van der Waals surface area (Å²) in [5, 5.41) is 9.90. The van der Waals surface area contributed by atoms with Crippen molar-refractivity contribution in [1.82, 2.24) is 9.97 Å². The number of benzene rings is 2. The lowest BCUT2D eigenvalue weighted by molar-refractivity contribution is 1.09. The van der Waals surface area contributed by atoms with Crippen LogP contribution in [0, 0.1) is 25.2 Å². The maximum atomic E-state index is 8.87. The Balaban J connectivity index is 2.26. The third-order valence-electron chi connectivity index (χ3n) is 3.25. The van der Waals surface area contributed by atoms with E-state index in [9.17, 15) is 0 Å². The van der Waals surface area contributed by atoms with Crippen LogP contribution >= 0.6 is 0 Å². The van der Waals surface area contributed by atoms with E-state index in [4.69, 9.17) is 5.26 Å². The standard InChI is InChI=1S/C17H13N3/c1-11-3-8-15-16(9-11)19-12(2)20-17(15)14-6-4-13(10-18)5-7-14/h3-9H,1-2H3. The van der Waals surface area contributed by atoms with Gasteiger partial charge in [0.1, 0.15) is 5.82 Å². The molecule has 3 rings (SSSR count). The summed E-state index contributed by atoms with van der Waals surface area (Å²) in [6, 6.07) is 15.8. The molecule has 0 aliphatic heterocycles. The zero-order chi connectivity index (χ0) is 14.1. The van der Waals surface area contributed by atoms with Gasteiger partial charge in [0.05, 0.1) is 22.8 Å². The van der Waals surface area contributed by atoms with Crippen molar-refractivity contribution in [3.63, 3.8) is 0 Å². The molecule has 0 amide bonds. The van der Waals surface area contributed by atoms with Crippen molar-refractivity contribution < 1.29 is 0 Å². The molecule has 0 fully saturated rings. The predicted molar refractivity (Wildman–Crippen MR) is 79.2 cm³/mol. The molecule has 0 radical (unpaired) electrons. The Morgan fingerprint density at radius 1 is 0.950 bits per heavy atom. The molecule has 0 unspecified atom stereocenters. The number of hydrogen-bond donors (Lipinski definition) is 0. The Morgan fingerprint density at radius 2 is 1.70 bits per heavy atom. The quantitative estimate of drug-likeness (QED) is 0.668. The summed E-state index contributed by atoms with van der Waals surface area (Å²) in [5.74, 6) is 0.752. The minimum absolute atomic E-state index is 0.652. The third-order valence-corrected chi connectivity index (χ3v) is 3.25. The maximum absolute atomic E-state index is 8.87. The number of fused-ring (bicyclic) bond motifs is 1. The average molecular weight is 259 g/mol. The summed E-state index contributed by atoms with van der Waals surface area (Å²) in [6.07, 6.45) is 0. The molecule has 0 aliphatic carbocycles. The van der Waals surface area contributed by atoms with Gasteiger partial charge in [-0.1, -0.05) is 24.3 Å².